The highest BCUT2D eigenvalue weighted by atomic mass is 19.1. The molecule has 1 aliphatic rings. The van der Waals surface area contributed by atoms with Crippen LogP contribution >= 0.6 is 0 Å². The fourth-order valence-corrected chi connectivity index (χ4v) is 2.06. The minimum atomic E-state index is -0.341. The molecule has 1 fully saturated rings. The molecule has 2 amide bonds. The number of hydrogen-bond donors (Lipinski definition) is 2. The van der Waals surface area contributed by atoms with Crippen molar-refractivity contribution < 1.29 is 14.0 Å². The topological polar surface area (TPSA) is 75.4 Å². The van der Waals surface area contributed by atoms with Gasteiger partial charge >= 0.3 is 0 Å². The van der Waals surface area contributed by atoms with Gasteiger partial charge in [0.25, 0.3) is 0 Å². The van der Waals surface area contributed by atoms with Gasteiger partial charge in [-0.05, 0) is 17.7 Å². The van der Waals surface area contributed by atoms with Gasteiger partial charge in [0.2, 0.25) is 11.8 Å². The summed E-state index contributed by atoms with van der Waals surface area (Å²) < 4.78 is 12.9. The number of nitrogens with two attached hydrogens (primary N) is 1. The fraction of sp³-hybridized carbons (Fsp3) is 0.333. The molecular weight excluding hydrogens is 237 g/mol. The molecule has 1 saturated heterocycles. The number of piperazine rings is 1. The second-order valence-corrected chi connectivity index (χ2v) is 4.18. The van der Waals surface area contributed by atoms with E-state index in [2.05, 4.69) is 5.32 Å². The third-order valence-corrected chi connectivity index (χ3v) is 2.89. The molecule has 2 rings (SSSR count). The third-order valence-electron chi connectivity index (χ3n) is 2.89. The van der Waals surface area contributed by atoms with Crippen molar-refractivity contribution in [2.45, 2.75) is 6.04 Å². The van der Waals surface area contributed by atoms with Crippen molar-refractivity contribution >= 4 is 11.8 Å². The Hall–Kier alpha value is -1.79. The van der Waals surface area contributed by atoms with Crippen LogP contribution in [0.25, 0.3) is 0 Å². The Balaban J connectivity index is 2.20. The average molecular weight is 251 g/mol. The number of benzene rings is 1. The van der Waals surface area contributed by atoms with E-state index in [1.807, 2.05) is 0 Å². The predicted molar refractivity (Wildman–Crippen MR) is 62.9 cm³/mol. The lowest BCUT2D eigenvalue weighted by molar-refractivity contribution is -0.137. The summed E-state index contributed by atoms with van der Waals surface area (Å²) in [5, 5.41) is 2.23. The average Bonchev–Trinajstić information content (AvgIpc) is 2.31. The standard InChI is InChI=1S/C12H14FN3O2/c13-9-3-1-8(2-4-9)10(5-14)16-6-11(17)15-12(18)7-16/h1-4,10H,5-7,14H2,(H,15,17,18). The number of hydrogen-bond acceptors (Lipinski definition) is 4. The van der Waals surface area contributed by atoms with Crippen LogP contribution in [0.3, 0.4) is 0 Å². The summed E-state index contributed by atoms with van der Waals surface area (Å²) >= 11 is 0. The van der Waals surface area contributed by atoms with Crippen LogP contribution in [0, 0.1) is 5.82 Å². The van der Waals surface area contributed by atoms with Gasteiger partial charge in [0.05, 0.1) is 13.1 Å². The molecule has 0 saturated carbocycles. The van der Waals surface area contributed by atoms with E-state index in [0.29, 0.717) is 0 Å². The van der Waals surface area contributed by atoms with Gasteiger partial charge in [-0.15, -0.1) is 0 Å². The fourth-order valence-electron chi connectivity index (χ4n) is 2.06. The lowest BCUT2D eigenvalue weighted by Crippen LogP contribution is -2.53. The maximum atomic E-state index is 12.9. The van der Waals surface area contributed by atoms with Crippen LogP contribution in [0.5, 0.6) is 0 Å². The molecule has 0 radical (unpaired) electrons. The minimum absolute atomic E-state index is 0.116. The smallest absolute Gasteiger partial charge is 0.240 e. The molecule has 1 atom stereocenters. The summed E-state index contributed by atoms with van der Waals surface area (Å²) in [5.74, 6) is -1.01. The molecule has 1 unspecified atom stereocenters. The predicted octanol–water partition coefficient (Wildman–Crippen LogP) is -0.216. The maximum Gasteiger partial charge on any atom is 0.240 e. The molecule has 3 N–H and O–H groups in total. The summed E-state index contributed by atoms with van der Waals surface area (Å²) in [7, 11) is 0. The van der Waals surface area contributed by atoms with Crippen LogP contribution in [-0.4, -0.2) is 36.3 Å². The summed E-state index contributed by atoms with van der Waals surface area (Å²) in [5.41, 5.74) is 6.48. The van der Waals surface area contributed by atoms with Crippen LogP contribution in [0.2, 0.25) is 0 Å². The molecule has 0 aromatic heterocycles. The second kappa shape index (κ2) is 5.24. The quantitative estimate of drug-likeness (QED) is 0.728. The number of halogens is 1. The Kier molecular flexibility index (Phi) is 3.69. The van der Waals surface area contributed by atoms with E-state index in [4.69, 9.17) is 5.73 Å². The van der Waals surface area contributed by atoms with Gasteiger partial charge in [-0.3, -0.25) is 19.8 Å². The first-order valence-electron chi connectivity index (χ1n) is 5.62. The van der Waals surface area contributed by atoms with Crippen LogP contribution in [0.4, 0.5) is 4.39 Å². The van der Waals surface area contributed by atoms with E-state index in [1.54, 1.807) is 17.0 Å². The van der Waals surface area contributed by atoms with Gasteiger partial charge in [-0.2, -0.15) is 0 Å². The van der Waals surface area contributed by atoms with Crippen LogP contribution < -0.4 is 11.1 Å². The lowest BCUT2D eigenvalue weighted by atomic mass is 10.0. The zero-order chi connectivity index (χ0) is 13.1. The number of amides is 2. The molecule has 96 valence electrons. The Bertz CT molecular complexity index is 445. The molecular formula is C12H14FN3O2. The van der Waals surface area contributed by atoms with E-state index in [1.165, 1.54) is 12.1 Å². The first kappa shape index (κ1) is 12.7. The summed E-state index contributed by atoms with van der Waals surface area (Å²) in [6.07, 6.45) is 0. The van der Waals surface area contributed by atoms with Crippen molar-refractivity contribution in [1.82, 2.24) is 10.2 Å². The number of rotatable bonds is 3. The Morgan fingerprint density at radius 2 is 1.78 bits per heavy atom. The van der Waals surface area contributed by atoms with E-state index in [0.717, 1.165) is 5.56 Å². The van der Waals surface area contributed by atoms with Gasteiger partial charge in [0, 0.05) is 12.6 Å². The van der Waals surface area contributed by atoms with Crippen molar-refractivity contribution in [2.75, 3.05) is 19.6 Å². The number of carbonyl (C=O) groups excluding carboxylic acids is 2. The van der Waals surface area contributed by atoms with Crippen molar-refractivity contribution in [3.63, 3.8) is 0 Å². The molecule has 1 aliphatic heterocycles. The van der Waals surface area contributed by atoms with Crippen molar-refractivity contribution in [3.8, 4) is 0 Å². The Labute approximate surface area is 104 Å². The molecule has 0 spiro atoms. The first-order chi connectivity index (χ1) is 8.60. The SMILES string of the molecule is NCC(c1ccc(F)cc1)N1CC(=O)NC(=O)C1. The minimum Gasteiger partial charge on any atom is -0.329 e. The van der Waals surface area contributed by atoms with Gasteiger partial charge < -0.3 is 5.73 Å². The summed E-state index contributed by atoms with van der Waals surface area (Å²) in [6, 6.07) is 5.64. The van der Waals surface area contributed by atoms with Crippen molar-refractivity contribution in [2.24, 2.45) is 5.73 Å². The largest absolute Gasteiger partial charge is 0.329 e. The molecule has 6 heteroatoms. The highest BCUT2D eigenvalue weighted by Crippen LogP contribution is 2.20. The number of imide groups is 1. The highest BCUT2D eigenvalue weighted by molar-refractivity contribution is 5.99. The Morgan fingerprint density at radius 1 is 1.22 bits per heavy atom. The number of carbonyl (C=O) groups is 2. The summed E-state index contributed by atoms with van der Waals surface area (Å²) in [6.45, 7) is 0.488. The van der Waals surface area contributed by atoms with Gasteiger partial charge in [0.15, 0.2) is 0 Å². The first-order valence-corrected chi connectivity index (χ1v) is 5.62. The Morgan fingerprint density at radius 3 is 2.28 bits per heavy atom. The van der Waals surface area contributed by atoms with Crippen LogP contribution in [0.15, 0.2) is 24.3 Å². The monoisotopic (exact) mass is 251 g/mol. The van der Waals surface area contributed by atoms with Crippen LogP contribution in [-0.2, 0) is 9.59 Å². The molecule has 18 heavy (non-hydrogen) atoms. The van der Waals surface area contributed by atoms with Gasteiger partial charge in [-0.1, -0.05) is 12.1 Å². The van der Waals surface area contributed by atoms with E-state index >= 15 is 0 Å². The number of nitrogens with zero attached hydrogens (tertiary/aromatic N) is 1. The zero-order valence-corrected chi connectivity index (χ0v) is 9.73. The molecule has 1 aromatic rings. The number of nitrogens with one attached hydrogen (secondary N) is 1. The van der Waals surface area contributed by atoms with Gasteiger partial charge in [0.1, 0.15) is 5.82 Å². The van der Waals surface area contributed by atoms with E-state index in [9.17, 15) is 14.0 Å². The highest BCUT2D eigenvalue weighted by Gasteiger charge is 2.28. The summed E-state index contributed by atoms with van der Waals surface area (Å²) in [4.78, 5) is 24.3. The van der Waals surface area contributed by atoms with Gasteiger partial charge in [-0.25, -0.2) is 4.39 Å². The van der Waals surface area contributed by atoms with Crippen molar-refractivity contribution in [3.05, 3.63) is 35.6 Å². The van der Waals surface area contributed by atoms with E-state index < -0.39 is 0 Å². The molecule has 0 bridgehead atoms. The van der Waals surface area contributed by atoms with E-state index in [-0.39, 0.29) is 43.3 Å². The molecule has 1 heterocycles. The third kappa shape index (κ3) is 2.72. The maximum absolute atomic E-state index is 12.9. The van der Waals surface area contributed by atoms with Crippen molar-refractivity contribution in [1.29, 1.82) is 0 Å². The lowest BCUT2D eigenvalue weighted by Gasteiger charge is -2.32. The normalized spacial score (nSPS) is 18.6. The zero-order valence-electron chi connectivity index (χ0n) is 9.73. The molecule has 0 aliphatic carbocycles. The molecule has 1 aromatic carbocycles. The van der Waals surface area contributed by atoms with Crippen LogP contribution in [0.1, 0.15) is 11.6 Å². The molecule has 5 nitrogen and oxygen atoms in total. The second-order valence-electron chi connectivity index (χ2n) is 4.18.